The second-order valence-corrected chi connectivity index (χ2v) is 4.52. The second-order valence-electron chi connectivity index (χ2n) is 4.52. The Balaban J connectivity index is 1.89. The van der Waals surface area contributed by atoms with Gasteiger partial charge in [0, 0.05) is 12.7 Å². The Labute approximate surface area is 112 Å². The summed E-state index contributed by atoms with van der Waals surface area (Å²) in [6.07, 6.45) is 5.10. The number of hydrogen-bond donors (Lipinski definition) is 1. The smallest absolute Gasteiger partial charge is 0.328 e. The summed E-state index contributed by atoms with van der Waals surface area (Å²) in [7, 11) is 0. The zero-order valence-electron chi connectivity index (χ0n) is 10.7. The Kier molecular flexibility index (Phi) is 5.12. The maximum absolute atomic E-state index is 10.5. The van der Waals surface area contributed by atoms with Crippen molar-refractivity contribution in [3.63, 3.8) is 0 Å². The van der Waals surface area contributed by atoms with E-state index >= 15 is 0 Å². The number of hydrogen-bond acceptors (Lipinski definition) is 3. The minimum Gasteiger partial charge on any atom is -0.478 e. The average molecular weight is 262 g/mol. The Morgan fingerprint density at radius 1 is 1.47 bits per heavy atom. The normalized spacial score (nSPS) is 19.1. The second kappa shape index (κ2) is 7.07. The lowest BCUT2D eigenvalue weighted by atomic mass is 10.1. The third-order valence-corrected chi connectivity index (χ3v) is 3.05. The molecular formula is C15H18O4. The molecular weight excluding hydrogens is 244 g/mol. The Morgan fingerprint density at radius 3 is 3.05 bits per heavy atom. The van der Waals surface area contributed by atoms with E-state index in [2.05, 4.69) is 0 Å². The molecule has 4 nitrogen and oxygen atoms in total. The molecule has 4 heteroatoms. The zero-order chi connectivity index (χ0) is 13.5. The molecule has 0 saturated carbocycles. The van der Waals surface area contributed by atoms with E-state index in [9.17, 15) is 4.79 Å². The number of carboxylic acid groups (broad SMARTS) is 1. The number of carboxylic acids is 1. The lowest BCUT2D eigenvalue weighted by molar-refractivity contribution is -0.131. The van der Waals surface area contributed by atoms with Gasteiger partial charge in [-0.25, -0.2) is 4.79 Å². The molecule has 1 N–H and O–H groups in total. The van der Waals surface area contributed by atoms with Crippen LogP contribution in [0.5, 0.6) is 0 Å². The number of benzene rings is 1. The van der Waals surface area contributed by atoms with Crippen LogP contribution in [-0.4, -0.2) is 30.4 Å². The lowest BCUT2D eigenvalue weighted by Gasteiger charge is -2.11. The van der Waals surface area contributed by atoms with Crippen molar-refractivity contribution in [1.82, 2.24) is 0 Å². The van der Waals surface area contributed by atoms with Gasteiger partial charge in [-0.15, -0.1) is 0 Å². The molecule has 2 rings (SSSR count). The van der Waals surface area contributed by atoms with Crippen LogP contribution in [-0.2, 0) is 20.9 Å². The molecule has 1 aromatic carbocycles. The monoisotopic (exact) mass is 262 g/mol. The first-order valence-electron chi connectivity index (χ1n) is 6.44. The molecule has 102 valence electrons. The highest BCUT2D eigenvalue weighted by atomic mass is 16.5. The molecule has 0 radical (unpaired) electrons. The minimum absolute atomic E-state index is 0.210. The van der Waals surface area contributed by atoms with E-state index in [1.807, 2.05) is 24.3 Å². The first-order valence-corrected chi connectivity index (χ1v) is 6.44. The Bertz CT molecular complexity index is 447. The van der Waals surface area contributed by atoms with Gasteiger partial charge in [0.15, 0.2) is 0 Å². The van der Waals surface area contributed by atoms with Gasteiger partial charge in [-0.2, -0.15) is 0 Å². The molecule has 0 amide bonds. The highest BCUT2D eigenvalue weighted by Gasteiger charge is 2.15. The summed E-state index contributed by atoms with van der Waals surface area (Å²) in [4.78, 5) is 10.5. The molecule has 1 aliphatic rings. The zero-order valence-corrected chi connectivity index (χ0v) is 10.7. The predicted molar refractivity (Wildman–Crippen MR) is 71.7 cm³/mol. The summed E-state index contributed by atoms with van der Waals surface area (Å²) in [5.41, 5.74) is 1.86. The van der Waals surface area contributed by atoms with Crippen LogP contribution >= 0.6 is 0 Å². The molecule has 19 heavy (non-hydrogen) atoms. The third kappa shape index (κ3) is 4.50. The molecule has 1 fully saturated rings. The van der Waals surface area contributed by atoms with Gasteiger partial charge in [-0.1, -0.05) is 24.3 Å². The standard InChI is InChI=1S/C15H18O4/c16-15(17)8-7-12-4-1-2-5-13(12)10-18-11-14-6-3-9-19-14/h1-2,4-5,7-8,14H,3,6,9-11H2,(H,16,17). The van der Waals surface area contributed by atoms with Gasteiger partial charge in [-0.05, 0) is 30.0 Å². The molecule has 1 atom stereocenters. The fourth-order valence-corrected chi connectivity index (χ4v) is 2.07. The highest BCUT2D eigenvalue weighted by Crippen LogP contribution is 2.15. The van der Waals surface area contributed by atoms with Crippen molar-refractivity contribution >= 4 is 12.0 Å². The molecule has 1 heterocycles. The Hall–Kier alpha value is -1.65. The van der Waals surface area contributed by atoms with Crippen LogP contribution in [0.2, 0.25) is 0 Å². The summed E-state index contributed by atoms with van der Waals surface area (Å²) < 4.78 is 11.1. The van der Waals surface area contributed by atoms with Gasteiger partial charge in [0.05, 0.1) is 19.3 Å². The SMILES string of the molecule is O=C(O)C=Cc1ccccc1COCC1CCCO1. The van der Waals surface area contributed by atoms with Crippen molar-refractivity contribution in [2.45, 2.75) is 25.6 Å². The molecule has 0 bridgehead atoms. The van der Waals surface area contributed by atoms with Gasteiger partial charge in [-0.3, -0.25) is 0 Å². The number of carbonyl (C=O) groups is 1. The fraction of sp³-hybridized carbons (Fsp3) is 0.400. The van der Waals surface area contributed by atoms with Crippen molar-refractivity contribution in [3.05, 3.63) is 41.5 Å². The van der Waals surface area contributed by atoms with Crippen molar-refractivity contribution in [2.24, 2.45) is 0 Å². The van der Waals surface area contributed by atoms with E-state index in [1.54, 1.807) is 6.08 Å². The molecule has 0 aromatic heterocycles. The highest BCUT2D eigenvalue weighted by molar-refractivity contribution is 5.85. The summed E-state index contributed by atoms with van der Waals surface area (Å²) >= 11 is 0. The van der Waals surface area contributed by atoms with Gasteiger partial charge < -0.3 is 14.6 Å². The first-order chi connectivity index (χ1) is 9.25. The molecule has 1 saturated heterocycles. The van der Waals surface area contributed by atoms with Crippen LogP contribution < -0.4 is 0 Å². The molecule has 1 unspecified atom stereocenters. The van der Waals surface area contributed by atoms with Gasteiger partial charge in [0.2, 0.25) is 0 Å². The van der Waals surface area contributed by atoms with Gasteiger partial charge in [0.25, 0.3) is 0 Å². The van der Waals surface area contributed by atoms with E-state index < -0.39 is 5.97 Å². The van der Waals surface area contributed by atoms with E-state index in [1.165, 1.54) is 0 Å². The van der Waals surface area contributed by atoms with Crippen molar-refractivity contribution in [1.29, 1.82) is 0 Å². The fourth-order valence-electron chi connectivity index (χ4n) is 2.07. The van der Waals surface area contributed by atoms with Crippen LogP contribution in [0, 0.1) is 0 Å². The topological polar surface area (TPSA) is 55.8 Å². The molecule has 1 aromatic rings. The molecule has 0 aliphatic carbocycles. The van der Waals surface area contributed by atoms with Crippen LogP contribution in [0.25, 0.3) is 6.08 Å². The molecule has 0 spiro atoms. The number of rotatable bonds is 6. The first kappa shape index (κ1) is 13.8. The summed E-state index contributed by atoms with van der Waals surface area (Å²) in [5.74, 6) is -0.949. The van der Waals surface area contributed by atoms with Crippen LogP contribution in [0.4, 0.5) is 0 Å². The van der Waals surface area contributed by atoms with E-state index in [0.717, 1.165) is 36.7 Å². The number of aliphatic carboxylic acids is 1. The maximum atomic E-state index is 10.5. The quantitative estimate of drug-likeness (QED) is 0.800. The lowest BCUT2D eigenvalue weighted by Crippen LogP contribution is -2.14. The average Bonchev–Trinajstić information content (AvgIpc) is 2.91. The van der Waals surface area contributed by atoms with Crippen molar-refractivity contribution in [3.8, 4) is 0 Å². The Morgan fingerprint density at radius 2 is 2.32 bits per heavy atom. The minimum atomic E-state index is -0.949. The largest absolute Gasteiger partial charge is 0.478 e. The van der Waals surface area contributed by atoms with E-state index in [0.29, 0.717) is 13.2 Å². The van der Waals surface area contributed by atoms with Crippen molar-refractivity contribution in [2.75, 3.05) is 13.2 Å². The molecule has 1 aliphatic heterocycles. The van der Waals surface area contributed by atoms with Crippen LogP contribution in [0.1, 0.15) is 24.0 Å². The van der Waals surface area contributed by atoms with Gasteiger partial charge >= 0.3 is 5.97 Å². The summed E-state index contributed by atoms with van der Waals surface area (Å²) in [6.45, 7) is 1.89. The van der Waals surface area contributed by atoms with E-state index in [4.69, 9.17) is 14.6 Å². The summed E-state index contributed by atoms with van der Waals surface area (Å²) in [5, 5.41) is 8.65. The predicted octanol–water partition coefficient (Wildman–Crippen LogP) is 2.48. The van der Waals surface area contributed by atoms with Crippen LogP contribution in [0.15, 0.2) is 30.3 Å². The maximum Gasteiger partial charge on any atom is 0.328 e. The van der Waals surface area contributed by atoms with Crippen LogP contribution in [0.3, 0.4) is 0 Å². The third-order valence-electron chi connectivity index (χ3n) is 3.05. The van der Waals surface area contributed by atoms with Crippen molar-refractivity contribution < 1.29 is 19.4 Å². The number of ether oxygens (including phenoxy) is 2. The van der Waals surface area contributed by atoms with E-state index in [-0.39, 0.29) is 6.10 Å². The summed E-state index contributed by atoms with van der Waals surface area (Å²) in [6, 6.07) is 7.62. The van der Waals surface area contributed by atoms with Gasteiger partial charge in [0.1, 0.15) is 0 Å².